The van der Waals surface area contributed by atoms with E-state index in [9.17, 15) is 9.59 Å². The zero-order valence-corrected chi connectivity index (χ0v) is 13.8. The number of nitrogens with zero attached hydrogens (tertiary/aromatic N) is 3. The molecule has 0 saturated carbocycles. The predicted octanol–water partition coefficient (Wildman–Crippen LogP) is 2.22. The van der Waals surface area contributed by atoms with E-state index >= 15 is 0 Å². The monoisotopic (exact) mass is 338 g/mol. The van der Waals surface area contributed by atoms with Gasteiger partial charge in [0.05, 0.1) is 12.5 Å². The van der Waals surface area contributed by atoms with Gasteiger partial charge in [0.2, 0.25) is 5.91 Å². The van der Waals surface area contributed by atoms with E-state index in [0.29, 0.717) is 35.3 Å². The van der Waals surface area contributed by atoms with Crippen molar-refractivity contribution in [1.29, 1.82) is 0 Å². The number of aryl methyl sites for hydroxylation is 1. The zero-order chi connectivity index (χ0) is 17.6. The number of methoxy groups -OCH3 is 1. The molecule has 0 aliphatic carbocycles. The van der Waals surface area contributed by atoms with Crippen LogP contribution in [0, 0.1) is 0 Å². The van der Waals surface area contributed by atoms with E-state index in [1.807, 2.05) is 6.07 Å². The van der Waals surface area contributed by atoms with Gasteiger partial charge in [-0.25, -0.2) is 4.68 Å². The van der Waals surface area contributed by atoms with Gasteiger partial charge in [-0.15, -0.1) is 5.10 Å². The van der Waals surface area contributed by atoms with Gasteiger partial charge in [-0.1, -0.05) is 23.4 Å². The predicted molar refractivity (Wildman–Crippen MR) is 94.7 cm³/mol. The number of hydrogen-bond acceptors (Lipinski definition) is 5. The Morgan fingerprint density at radius 1 is 1.20 bits per heavy atom. The van der Waals surface area contributed by atoms with Crippen molar-refractivity contribution < 1.29 is 9.53 Å². The summed E-state index contributed by atoms with van der Waals surface area (Å²) in [6.07, 6.45) is 0.765. The molecule has 0 aliphatic rings. The molecule has 128 valence electrons. The Balaban J connectivity index is 1.58. The fraction of sp³-hybridized carbons (Fsp3) is 0.222. The van der Waals surface area contributed by atoms with E-state index in [1.165, 1.54) is 4.68 Å². The van der Waals surface area contributed by atoms with Crippen molar-refractivity contribution in [3.63, 3.8) is 0 Å². The Bertz CT molecular complexity index is 952. The largest absolute Gasteiger partial charge is 0.497 e. The molecule has 0 bridgehead atoms. The molecular weight excluding hydrogens is 320 g/mol. The molecule has 7 nitrogen and oxygen atoms in total. The summed E-state index contributed by atoms with van der Waals surface area (Å²) in [6.45, 7) is 0.336. The summed E-state index contributed by atoms with van der Waals surface area (Å²) in [5.74, 6) is 0.547. The molecule has 0 atom stereocenters. The molecule has 1 N–H and O–H groups in total. The fourth-order valence-corrected chi connectivity index (χ4v) is 2.48. The first-order valence-electron chi connectivity index (χ1n) is 7.94. The third-order valence-electron chi connectivity index (χ3n) is 3.76. The van der Waals surface area contributed by atoms with Gasteiger partial charge in [0.1, 0.15) is 11.3 Å². The number of hydrogen-bond donors (Lipinski definition) is 1. The first-order valence-corrected chi connectivity index (χ1v) is 7.94. The number of aromatic nitrogens is 3. The third kappa shape index (κ3) is 4.00. The van der Waals surface area contributed by atoms with Gasteiger partial charge >= 0.3 is 0 Å². The Morgan fingerprint density at radius 2 is 2.04 bits per heavy atom. The van der Waals surface area contributed by atoms with Crippen LogP contribution in [0.15, 0.2) is 53.3 Å². The van der Waals surface area contributed by atoms with Crippen LogP contribution in [0.1, 0.15) is 12.8 Å². The maximum absolute atomic E-state index is 12.3. The van der Waals surface area contributed by atoms with E-state index in [2.05, 4.69) is 15.6 Å². The van der Waals surface area contributed by atoms with Crippen LogP contribution in [-0.2, 0) is 11.3 Å². The lowest BCUT2D eigenvalue weighted by atomic mass is 10.2. The SMILES string of the molecule is COc1cccc(NC(=O)CCCn2nnc3ccccc3c2=O)c1. The van der Waals surface area contributed by atoms with Crippen molar-refractivity contribution in [3.8, 4) is 5.75 Å². The Morgan fingerprint density at radius 3 is 2.88 bits per heavy atom. The summed E-state index contributed by atoms with van der Waals surface area (Å²) in [7, 11) is 1.57. The summed E-state index contributed by atoms with van der Waals surface area (Å²) in [5, 5.41) is 11.3. The van der Waals surface area contributed by atoms with Gasteiger partial charge in [0.15, 0.2) is 0 Å². The average molecular weight is 338 g/mol. The number of rotatable bonds is 6. The summed E-state index contributed by atoms with van der Waals surface area (Å²) >= 11 is 0. The van der Waals surface area contributed by atoms with Crippen molar-refractivity contribution in [2.24, 2.45) is 0 Å². The molecule has 0 saturated heterocycles. The second-order valence-corrected chi connectivity index (χ2v) is 5.52. The lowest BCUT2D eigenvalue weighted by Crippen LogP contribution is -2.25. The second-order valence-electron chi connectivity index (χ2n) is 5.52. The van der Waals surface area contributed by atoms with Gasteiger partial charge in [-0.05, 0) is 30.7 Å². The van der Waals surface area contributed by atoms with Crippen molar-refractivity contribution in [3.05, 3.63) is 58.9 Å². The van der Waals surface area contributed by atoms with Gasteiger partial charge in [0, 0.05) is 24.7 Å². The minimum Gasteiger partial charge on any atom is -0.497 e. The third-order valence-corrected chi connectivity index (χ3v) is 3.76. The highest BCUT2D eigenvalue weighted by atomic mass is 16.5. The first-order chi connectivity index (χ1) is 12.2. The summed E-state index contributed by atoms with van der Waals surface area (Å²) in [5.41, 5.74) is 1.05. The van der Waals surface area contributed by atoms with E-state index < -0.39 is 0 Å². The molecule has 1 amide bonds. The standard InChI is InChI=1S/C18H18N4O3/c1-25-14-7-4-6-13(12-14)19-17(23)10-5-11-22-18(24)15-8-2-3-9-16(15)20-21-22/h2-4,6-9,12H,5,10-11H2,1H3,(H,19,23). The molecule has 0 fully saturated rings. The number of benzene rings is 2. The smallest absolute Gasteiger partial charge is 0.277 e. The van der Waals surface area contributed by atoms with Gasteiger partial charge < -0.3 is 10.1 Å². The summed E-state index contributed by atoms with van der Waals surface area (Å²) < 4.78 is 6.41. The normalized spacial score (nSPS) is 10.6. The number of ether oxygens (including phenoxy) is 1. The summed E-state index contributed by atoms with van der Waals surface area (Å²) in [4.78, 5) is 24.3. The fourth-order valence-electron chi connectivity index (χ4n) is 2.48. The molecular formula is C18H18N4O3. The Kier molecular flexibility index (Phi) is 5.03. The van der Waals surface area contributed by atoms with Crippen molar-refractivity contribution in [1.82, 2.24) is 15.0 Å². The number of amides is 1. The highest BCUT2D eigenvalue weighted by Gasteiger charge is 2.07. The van der Waals surface area contributed by atoms with Crippen LogP contribution >= 0.6 is 0 Å². The number of anilines is 1. The van der Waals surface area contributed by atoms with Crippen molar-refractivity contribution in [2.45, 2.75) is 19.4 Å². The van der Waals surface area contributed by atoms with Crippen molar-refractivity contribution in [2.75, 3.05) is 12.4 Å². The quantitative estimate of drug-likeness (QED) is 0.745. The number of carbonyl (C=O) groups is 1. The molecule has 0 radical (unpaired) electrons. The molecule has 1 heterocycles. The van der Waals surface area contributed by atoms with Crippen LogP contribution in [0.25, 0.3) is 10.9 Å². The van der Waals surface area contributed by atoms with Crippen LogP contribution in [0.5, 0.6) is 5.75 Å². The molecule has 1 aromatic heterocycles. The highest BCUT2D eigenvalue weighted by Crippen LogP contribution is 2.16. The lowest BCUT2D eigenvalue weighted by molar-refractivity contribution is -0.116. The second kappa shape index (κ2) is 7.57. The molecule has 3 aromatic rings. The highest BCUT2D eigenvalue weighted by molar-refractivity contribution is 5.90. The zero-order valence-electron chi connectivity index (χ0n) is 13.8. The maximum atomic E-state index is 12.3. The Hall–Kier alpha value is -3.22. The van der Waals surface area contributed by atoms with E-state index in [-0.39, 0.29) is 17.9 Å². The molecule has 7 heteroatoms. The number of fused-ring (bicyclic) bond motifs is 1. The van der Waals surface area contributed by atoms with E-state index in [1.54, 1.807) is 49.6 Å². The maximum Gasteiger partial charge on any atom is 0.277 e. The van der Waals surface area contributed by atoms with Crippen molar-refractivity contribution >= 4 is 22.5 Å². The van der Waals surface area contributed by atoms with Crippen LogP contribution in [0.2, 0.25) is 0 Å². The van der Waals surface area contributed by atoms with Gasteiger partial charge in [-0.2, -0.15) is 0 Å². The minimum atomic E-state index is -0.196. The molecule has 25 heavy (non-hydrogen) atoms. The van der Waals surface area contributed by atoms with Crippen LogP contribution in [0.4, 0.5) is 5.69 Å². The van der Waals surface area contributed by atoms with E-state index in [4.69, 9.17) is 4.74 Å². The number of nitrogens with one attached hydrogen (secondary N) is 1. The Labute approximate surface area is 144 Å². The van der Waals surface area contributed by atoms with Crippen LogP contribution < -0.4 is 15.6 Å². The molecule has 0 aliphatic heterocycles. The first kappa shape index (κ1) is 16.6. The lowest BCUT2D eigenvalue weighted by Gasteiger charge is -2.07. The molecule has 0 unspecified atom stereocenters. The van der Waals surface area contributed by atoms with Gasteiger partial charge in [-0.3, -0.25) is 9.59 Å². The molecule has 3 rings (SSSR count). The van der Waals surface area contributed by atoms with E-state index in [0.717, 1.165) is 0 Å². The molecule has 2 aromatic carbocycles. The topological polar surface area (TPSA) is 86.1 Å². The average Bonchev–Trinajstić information content (AvgIpc) is 2.64. The van der Waals surface area contributed by atoms with Gasteiger partial charge in [0.25, 0.3) is 5.56 Å². The number of carbonyl (C=O) groups excluding carboxylic acids is 1. The minimum absolute atomic E-state index is 0.130. The van der Waals surface area contributed by atoms with Crippen LogP contribution in [0.3, 0.4) is 0 Å². The summed E-state index contributed by atoms with van der Waals surface area (Å²) in [6, 6.07) is 14.2. The van der Waals surface area contributed by atoms with Crippen LogP contribution in [-0.4, -0.2) is 28.0 Å². The molecule has 0 spiro atoms.